The van der Waals surface area contributed by atoms with Crippen molar-refractivity contribution in [2.75, 3.05) is 33.3 Å². The van der Waals surface area contributed by atoms with Crippen LogP contribution in [0.25, 0.3) is 0 Å². The van der Waals surface area contributed by atoms with Crippen LogP contribution in [0.15, 0.2) is 59.6 Å². The van der Waals surface area contributed by atoms with Crippen molar-refractivity contribution < 1.29 is 9.53 Å². The van der Waals surface area contributed by atoms with Gasteiger partial charge < -0.3 is 20.7 Å². The fourth-order valence-corrected chi connectivity index (χ4v) is 2.79. The number of ether oxygens (including phenoxy) is 1. The number of nitrogens with zero attached hydrogens (tertiary/aromatic N) is 1. The lowest BCUT2D eigenvalue weighted by Gasteiger charge is -2.12. The normalized spacial score (nSPS) is 10.7. The Kier molecular flexibility index (Phi) is 13.3. The molecule has 0 saturated carbocycles. The van der Waals surface area contributed by atoms with E-state index in [1.54, 1.807) is 7.05 Å². The Hall–Kier alpha value is -2.29. The van der Waals surface area contributed by atoms with Crippen molar-refractivity contribution in [1.29, 1.82) is 0 Å². The minimum Gasteiger partial charge on any atom is -0.494 e. The molecule has 0 atom stereocenters. The average Bonchev–Trinajstić information content (AvgIpc) is 2.76. The summed E-state index contributed by atoms with van der Waals surface area (Å²) in [7, 11) is 1.64. The van der Waals surface area contributed by atoms with Gasteiger partial charge in [-0.2, -0.15) is 0 Å². The fourth-order valence-electron chi connectivity index (χ4n) is 2.79. The van der Waals surface area contributed by atoms with Crippen LogP contribution in [0.5, 0.6) is 5.75 Å². The number of aliphatic imine (C=N–C) groups is 1. The lowest BCUT2D eigenvalue weighted by atomic mass is 10.1. The zero-order chi connectivity index (χ0) is 20.7. The van der Waals surface area contributed by atoms with Gasteiger partial charge in [-0.15, -0.1) is 24.0 Å². The first-order chi connectivity index (χ1) is 14.2. The lowest BCUT2D eigenvalue weighted by Crippen LogP contribution is -2.38. The number of hydrogen-bond acceptors (Lipinski definition) is 3. The highest BCUT2D eigenvalue weighted by atomic mass is 127. The second-order valence-electron chi connectivity index (χ2n) is 6.59. The molecule has 6 nitrogen and oxygen atoms in total. The van der Waals surface area contributed by atoms with E-state index in [4.69, 9.17) is 4.74 Å². The zero-order valence-corrected chi connectivity index (χ0v) is 20.1. The van der Waals surface area contributed by atoms with Gasteiger partial charge in [0.1, 0.15) is 5.75 Å². The summed E-state index contributed by atoms with van der Waals surface area (Å²) < 4.78 is 5.70. The number of unbranched alkanes of at least 4 members (excludes halogenated alkanes) is 1. The Balaban J connectivity index is 0.00000450. The number of hydrogen-bond donors (Lipinski definition) is 3. The molecular formula is C23H33IN4O2. The van der Waals surface area contributed by atoms with Gasteiger partial charge in [0.25, 0.3) is 5.91 Å². The van der Waals surface area contributed by atoms with Crippen LogP contribution < -0.4 is 20.7 Å². The molecule has 3 N–H and O–H groups in total. The smallest absolute Gasteiger partial charge is 0.251 e. The molecule has 164 valence electrons. The summed E-state index contributed by atoms with van der Waals surface area (Å²) in [5.74, 6) is 1.66. The third-order valence-corrected chi connectivity index (χ3v) is 4.30. The topological polar surface area (TPSA) is 74.8 Å². The molecule has 0 aliphatic carbocycles. The van der Waals surface area contributed by atoms with Gasteiger partial charge >= 0.3 is 0 Å². The predicted octanol–water partition coefficient (Wildman–Crippen LogP) is 3.62. The molecule has 2 aromatic carbocycles. The molecule has 1 amide bonds. The summed E-state index contributed by atoms with van der Waals surface area (Å²) in [6.45, 7) is 5.07. The molecular weight excluding hydrogens is 491 g/mol. The molecule has 0 bridgehead atoms. The molecule has 30 heavy (non-hydrogen) atoms. The number of amides is 1. The van der Waals surface area contributed by atoms with Gasteiger partial charge in [-0.1, -0.05) is 30.3 Å². The second kappa shape index (κ2) is 15.5. The molecule has 0 heterocycles. The van der Waals surface area contributed by atoms with Gasteiger partial charge in [0.05, 0.1) is 6.61 Å². The van der Waals surface area contributed by atoms with Crippen LogP contribution in [-0.4, -0.2) is 45.2 Å². The number of rotatable bonds is 11. The summed E-state index contributed by atoms with van der Waals surface area (Å²) in [6.07, 6.45) is 2.75. The average molecular weight is 524 g/mol. The van der Waals surface area contributed by atoms with E-state index in [-0.39, 0.29) is 29.9 Å². The van der Waals surface area contributed by atoms with E-state index in [2.05, 4.69) is 27.9 Å². The lowest BCUT2D eigenvalue weighted by molar-refractivity contribution is 0.0963. The van der Waals surface area contributed by atoms with Gasteiger partial charge in [-0.3, -0.25) is 9.79 Å². The van der Waals surface area contributed by atoms with Gasteiger partial charge in [-0.05, 0) is 56.0 Å². The highest BCUT2D eigenvalue weighted by Gasteiger charge is 2.04. The highest BCUT2D eigenvalue weighted by Crippen LogP contribution is 2.09. The molecule has 7 heteroatoms. The molecule has 0 fully saturated rings. The van der Waals surface area contributed by atoms with Crippen molar-refractivity contribution in [1.82, 2.24) is 16.0 Å². The SMILES string of the molecule is CCNC(=NCCCCOc1ccccc1)NCCc1cccc(C(=O)NC)c1.I. The first-order valence-corrected chi connectivity index (χ1v) is 10.2. The number of carbonyl (C=O) groups excluding carboxylic acids is 1. The van der Waals surface area contributed by atoms with E-state index in [0.717, 1.165) is 56.2 Å². The quantitative estimate of drug-likeness (QED) is 0.182. The van der Waals surface area contributed by atoms with E-state index in [1.165, 1.54) is 0 Å². The van der Waals surface area contributed by atoms with Crippen molar-refractivity contribution in [3.63, 3.8) is 0 Å². The monoisotopic (exact) mass is 524 g/mol. The summed E-state index contributed by atoms with van der Waals surface area (Å²) >= 11 is 0. The van der Waals surface area contributed by atoms with Crippen LogP contribution in [0.4, 0.5) is 0 Å². The third-order valence-electron chi connectivity index (χ3n) is 4.30. The minimum atomic E-state index is -0.0639. The number of carbonyl (C=O) groups is 1. The number of benzene rings is 2. The van der Waals surface area contributed by atoms with Crippen molar-refractivity contribution in [3.8, 4) is 5.75 Å². The maximum Gasteiger partial charge on any atom is 0.251 e. The summed E-state index contributed by atoms with van der Waals surface area (Å²) in [5.41, 5.74) is 1.80. The van der Waals surface area contributed by atoms with Gasteiger partial charge in [0.15, 0.2) is 5.96 Å². The van der Waals surface area contributed by atoms with Gasteiger partial charge in [0.2, 0.25) is 0 Å². The van der Waals surface area contributed by atoms with Gasteiger partial charge in [0, 0.05) is 32.2 Å². The van der Waals surface area contributed by atoms with E-state index in [1.807, 2.05) is 54.6 Å². The van der Waals surface area contributed by atoms with Crippen molar-refractivity contribution in [3.05, 3.63) is 65.7 Å². The first kappa shape index (κ1) is 25.7. The van der Waals surface area contributed by atoms with E-state index >= 15 is 0 Å². The minimum absolute atomic E-state index is 0. The second-order valence-corrected chi connectivity index (χ2v) is 6.59. The highest BCUT2D eigenvalue weighted by molar-refractivity contribution is 14.0. The van der Waals surface area contributed by atoms with E-state index in [0.29, 0.717) is 12.2 Å². The van der Waals surface area contributed by atoms with Crippen LogP contribution in [0, 0.1) is 0 Å². The molecule has 0 unspecified atom stereocenters. The molecule has 0 aliphatic rings. The molecule has 2 rings (SSSR count). The van der Waals surface area contributed by atoms with E-state index in [9.17, 15) is 4.79 Å². The maximum atomic E-state index is 11.7. The molecule has 0 radical (unpaired) electrons. The fraction of sp³-hybridized carbons (Fsp3) is 0.391. The first-order valence-electron chi connectivity index (χ1n) is 10.2. The Morgan fingerprint density at radius 1 is 1.03 bits per heavy atom. The van der Waals surface area contributed by atoms with Crippen LogP contribution >= 0.6 is 24.0 Å². The van der Waals surface area contributed by atoms with Crippen molar-refractivity contribution in [2.24, 2.45) is 4.99 Å². The largest absolute Gasteiger partial charge is 0.494 e. The van der Waals surface area contributed by atoms with Crippen LogP contribution in [0.2, 0.25) is 0 Å². The Morgan fingerprint density at radius 3 is 2.57 bits per heavy atom. The molecule has 0 saturated heterocycles. The number of guanidine groups is 1. The summed E-state index contributed by atoms with van der Waals surface area (Å²) in [5, 5.41) is 9.28. The predicted molar refractivity (Wildman–Crippen MR) is 134 cm³/mol. The van der Waals surface area contributed by atoms with Crippen molar-refractivity contribution >= 4 is 35.8 Å². The molecule has 0 aromatic heterocycles. The Bertz CT molecular complexity index is 769. The maximum absolute atomic E-state index is 11.7. The molecule has 2 aromatic rings. The number of nitrogens with one attached hydrogen (secondary N) is 3. The molecule has 0 aliphatic heterocycles. The third kappa shape index (κ3) is 9.96. The van der Waals surface area contributed by atoms with Gasteiger partial charge in [-0.25, -0.2) is 0 Å². The standard InChI is InChI=1S/C23H32N4O2.HI/c1-3-25-23(26-15-7-8-17-29-21-12-5-4-6-13-21)27-16-14-19-10-9-11-20(18-19)22(28)24-2;/h4-6,9-13,18H,3,7-8,14-17H2,1-2H3,(H,24,28)(H2,25,26,27);1H. The number of para-hydroxylation sites is 1. The Labute approximate surface area is 196 Å². The van der Waals surface area contributed by atoms with E-state index < -0.39 is 0 Å². The summed E-state index contributed by atoms with van der Waals surface area (Å²) in [6, 6.07) is 17.6. The summed E-state index contributed by atoms with van der Waals surface area (Å²) in [4.78, 5) is 16.4. The van der Waals surface area contributed by atoms with Crippen LogP contribution in [0.3, 0.4) is 0 Å². The zero-order valence-electron chi connectivity index (χ0n) is 17.8. The Morgan fingerprint density at radius 2 is 1.83 bits per heavy atom. The van der Waals surface area contributed by atoms with Crippen LogP contribution in [-0.2, 0) is 6.42 Å². The number of halogens is 1. The molecule has 0 spiro atoms. The van der Waals surface area contributed by atoms with Crippen LogP contribution in [0.1, 0.15) is 35.7 Å². The van der Waals surface area contributed by atoms with Crippen molar-refractivity contribution in [2.45, 2.75) is 26.2 Å².